The summed E-state index contributed by atoms with van der Waals surface area (Å²) in [5.74, 6) is -0.379. The minimum atomic E-state index is -0.511. The molecule has 2 fully saturated rings. The molecule has 0 bridgehead atoms. The minimum Gasteiger partial charge on any atom is -0.452 e. The van der Waals surface area contributed by atoms with Gasteiger partial charge >= 0.3 is 12.1 Å². The third-order valence-electron chi connectivity index (χ3n) is 2.07. The summed E-state index contributed by atoms with van der Waals surface area (Å²) in [5.41, 5.74) is 3.59. The van der Waals surface area contributed by atoms with Gasteiger partial charge in [0.15, 0.2) is 6.10 Å². The zero-order chi connectivity index (χ0) is 8.72. The number of rotatable bonds is 0. The summed E-state index contributed by atoms with van der Waals surface area (Å²) in [5, 5.41) is 2.49. The van der Waals surface area contributed by atoms with Crippen LogP contribution in [0, 0.1) is 0 Å². The van der Waals surface area contributed by atoms with Gasteiger partial charge in [0, 0.05) is 0 Å². The average molecular weight is 173 g/mol. The van der Waals surface area contributed by atoms with Gasteiger partial charge in [0.2, 0.25) is 6.04 Å². The molecule has 3 atom stereocenters. The number of alkyl carbamates (subject to hydrolysis) is 1. The fourth-order valence-corrected chi connectivity index (χ4v) is 1.38. The molecule has 1 amide bonds. The van der Waals surface area contributed by atoms with Gasteiger partial charge in [-0.15, -0.1) is 0 Å². The maximum absolute atomic E-state index is 11.0. The van der Waals surface area contributed by atoms with E-state index < -0.39 is 12.1 Å². The van der Waals surface area contributed by atoms with E-state index in [0.717, 1.165) is 0 Å². The van der Waals surface area contributed by atoms with E-state index in [1.165, 1.54) is 0 Å². The monoisotopic (exact) mass is 173 g/mol. The topological polar surface area (TPSA) is 92.3 Å². The third-order valence-corrected chi connectivity index (χ3v) is 2.07. The lowest BCUT2D eigenvalue weighted by Crippen LogP contribution is -2.72. The SMILES string of the molecule is [NH3+][C@@H]1C(=O)O[C@@H]2COC(=O)N[C@H]12. The zero-order valence-electron chi connectivity index (χ0n) is 6.28. The second-order valence-electron chi connectivity index (χ2n) is 2.85. The number of esters is 1. The molecule has 4 N–H and O–H groups in total. The lowest BCUT2D eigenvalue weighted by molar-refractivity contribution is -0.406. The van der Waals surface area contributed by atoms with E-state index in [0.29, 0.717) is 0 Å². The van der Waals surface area contributed by atoms with E-state index >= 15 is 0 Å². The Morgan fingerprint density at radius 3 is 3.00 bits per heavy atom. The van der Waals surface area contributed by atoms with Crippen molar-refractivity contribution < 1.29 is 24.8 Å². The number of hydrogen-bond acceptors (Lipinski definition) is 4. The number of fused-ring (bicyclic) bond motifs is 1. The molecule has 0 aromatic rings. The lowest BCUT2D eigenvalue weighted by atomic mass is 10.1. The van der Waals surface area contributed by atoms with Crippen molar-refractivity contribution in [1.29, 1.82) is 0 Å². The molecule has 0 spiro atoms. The first-order chi connectivity index (χ1) is 5.68. The number of quaternary nitrogens is 1. The van der Waals surface area contributed by atoms with Crippen molar-refractivity contribution in [2.75, 3.05) is 6.61 Å². The van der Waals surface area contributed by atoms with Crippen LogP contribution in [0.4, 0.5) is 4.79 Å². The molecule has 2 aliphatic rings. The molecular formula is C6H9N2O4+. The Labute approximate surface area is 68.0 Å². The van der Waals surface area contributed by atoms with Gasteiger partial charge in [-0.1, -0.05) is 0 Å². The Hall–Kier alpha value is -1.30. The van der Waals surface area contributed by atoms with Gasteiger partial charge < -0.3 is 20.5 Å². The van der Waals surface area contributed by atoms with Gasteiger partial charge in [-0.3, -0.25) is 0 Å². The predicted octanol–water partition coefficient (Wildman–Crippen LogP) is -2.37. The Balaban J connectivity index is 2.15. The van der Waals surface area contributed by atoms with Gasteiger partial charge in [-0.2, -0.15) is 0 Å². The molecule has 0 unspecified atom stereocenters. The third kappa shape index (κ3) is 0.918. The van der Waals surface area contributed by atoms with Crippen LogP contribution in [-0.4, -0.2) is 36.9 Å². The standard InChI is InChI=1S/C6H8N2O4/c7-3-4-2(12-5(3)9)1-11-6(10)8-4/h2-4H,1,7H2,(H,8,10)/p+1/t2-,3+,4+/m1/s1. The molecule has 2 aliphatic heterocycles. The van der Waals surface area contributed by atoms with Crippen molar-refractivity contribution in [1.82, 2.24) is 5.32 Å². The molecule has 0 aromatic heterocycles. The van der Waals surface area contributed by atoms with Gasteiger partial charge in [-0.25, -0.2) is 9.59 Å². The van der Waals surface area contributed by atoms with Crippen molar-refractivity contribution in [3.63, 3.8) is 0 Å². The molecule has 2 rings (SSSR count). The van der Waals surface area contributed by atoms with Gasteiger partial charge in [-0.05, 0) is 0 Å². The molecule has 2 heterocycles. The van der Waals surface area contributed by atoms with Crippen LogP contribution in [0.5, 0.6) is 0 Å². The summed E-state index contributed by atoms with van der Waals surface area (Å²) in [6, 6.07) is -0.832. The molecule has 66 valence electrons. The van der Waals surface area contributed by atoms with E-state index in [1.54, 1.807) is 0 Å². The Bertz CT molecular complexity index is 242. The first-order valence-corrected chi connectivity index (χ1v) is 3.65. The van der Waals surface area contributed by atoms with E-state index in [-0.39, 0.29) is 24.7 Å². The summed E-state index contributed by atoms with van der Waals surface area (Å²) >= 11 is 0. The van der Waals surface area contributed by atoms with E-state index in [1.807, 2.05) is 0 Å². The minimum absolute atomic E-state index is 0.133. The smallest absolute Gasteiger partial charge is 0.407 e. The number of cyclic esters (lactones) is 1. The normalized spacial score (nSPS) is 39.6. The Morgan fingerprint density at radius 2 is 2.25 bits per heavy atom. The molecule has 6 nitrogen and oxygen atoms in total. The maximum atomic E-state index is 11.0. The van der Waals surface area contributed by atoms with E-state index in [9.17, 15) is 9.59 Å². The van der Waals surface area contributed by atoms with Gasteiger partial charge in [0.1, 0.15) is 12.6 Å². The molecule has 2 saturated heterocycles. The highest BCUT2D eigenvalue weighted by Crippen LogP contribution is 2.16. The van der Waals surface area contributed by atoms with Crippen molar-refractivity contribution >= 4 is 12.1 Å². The highest BCUT2D eigenvalue weighted by molar-refractivity contribution is 5.80. The van der Waals surface area contributed by atoms with Gasteiger partial charge in [0.05, 0.1) is 0 Å². The lowest BCUT2D eigenvalue weighted by Gasteiger charge is -2.23. The molecule has 0 aliphatic carbocycles. The fourth-order valence-electron chi connectivity index (χ4n) is 1.38. The zero-order valence-corrected chi connectivity index (χ0v) is 6.28. The fraction of sp³-hybridized carbons (Fsp3) is 0.667. The van der Waals surface area contributed by atoms with Crippen LogP contribution in [-0.2, 0) is 14.3 Å². The number of amides is 1. The quantitative estimate of drug-likeness (QED) is 0.400. The Kier molecular flexibility index (Phi) is 1.44. The van der Waals surface area contributed by atoms with Crippen LogP contribution >= 0.6 is 0 Å². The van der Waals surface area contributed by atoms with Crippen LogP contribution in [0.3, 0.4) is 0 Å². The predicted molar refractivity (Wildman–Crippen MR) is 34.8 cm³/mol. The van der Waals surface area contributed by atoms with Crippen molar-refractivity contribution in [2.45, 2.75) is 18.2 Å². The first kappa shape index (κ1) is 7.35. The second-order valence-corrected chi connectivity index (χ2v) is 2.85. The van der Waals surface area contributed by atoms with Crippen molar-refractivity contribution in [2.24, 2.45) is 0 Å². The number of ether oxygens (including phenoxy) is 2. The van der Waals surface area contributed by atoms with Gasteiger partial charge in [0.25, 0.3) is 0 Å². The second kappa shape index (κ2) is 2.34. The van der Waals surface area contributed by atoms with E-state index in [2.05, 4.69) is 15.8 Å². The highest BCUT2D eigenvalue weighted by Gasteiger charge is 2.49. The molecule has 0 radical (unpaired) electrons. The molecule has 0 saturated carbocycles. The van der Waals surface area contributed by atoms with E-state index in [4.69, 9.17) is 4.74 Å². The molecular weight excluding hydrogens is 164 g/mol. The number of carbonyl (C=O) groups is 2. The number of carbonyl (C=O) groups excluding carboxylic acids is 2. The van der Waals surface area contributed by atoms with Crippen LogP contribution in [0.1, 0.15) is 0 Å². The van der Waals surface area contributed by atoms with Crippen molar-refractivity contribution in [3.05, 3.63) is 0 Å². The maximum Gasteiger partial charge on any atom is 0.407 e. The summed E-state index contributed by atoms with van der Waals surface area (Å²) in [4.78, 5) is 21.7. The van der Waals surface area contributed by atoms with Crippen LogP contribution in [0.25, 0.3) is 0 Å². The summed E-state index contributed by atoms with van der Waals surface area (Å²) < 4.78 is 9.52. The average Bonchev–Trinajstić information content (AvgIpc) is 2.31. The number of nitrogens with one attached hydrogen (secondary N) is 1. The van der Waals surface area contributed by atoms with Crippen LogP contribution < -0.4 is 11.1 Å². The van der Waals surface area contributed by atoms with Crippen molar-refractivity contribution in [3.8, 4) is 0 Å². The summed E-state index contributed by atoms with van der Waals surface area (Å²) in [7, 11) is 0. The largest absolute Gasteiger partial charge is 0.452 e. The Morgan fingerprint density at radius 1 is 1.50 bits per heavy atom. The summed E-state index contributed by atoms with van der Waals surface area (Å²) in [6.07, 6.45) is -0.874. The molecule has 0 aromatic carbocycles. The highest BCUT2D eigenvalue weighted by atomic mass is 16.6. The van der Waals surface area contributed by atoms with Crippen LogP contribution in [0.15, 0.2) is 0 Å². The molecule has 6 heteroatoms. The molecule has 12 heavy (non-hydrogen) atoms. The summed E-state index contributed by atoms with van der Waals surface area (Å²) in [6.45, 7) is 0.133. The first-order valence-electron chi connectivity index (χ1n) is 3.65. The number of hydrogen-bond donors (Lipinski definition) is 2. The van der Waals surface area contributed by atoms with Crippen LogP contribution in [0.2, 0.25) is 0 Å².